The molecule has 3 aliphatic rings. The maximum atomic E-state index is 12.9. The Kier molecular flexibility index (Phi) is 6.94. The number of likely N-dealkylation sites (tertiary alicyclic amines) is 1. The van der Waals surface area contributed by atoms with E-state index in [-0.39, 0.29) is 24.4 Å². The monoisotopic (exact) mass is 418 g/mol. The summed E-state index contributed by atoms with van der Waals surface area (Å²) in [5.74, 6) is 2.17. The molecule has 0 aliphatic carbocycles. The molecule has 7 nitrogen and oxygen atoms in total. The van der Waals surface area contributed by atoms with Crippen molar-refractivity contribution in [3.8, 4) is 0 Å². The lowest BCUT2D eigenvalue weighted by Crippen LogP contribution is -2.49. The highest BCUT2D eigenvalue weighted by molar-refractivity contribution is 7.99. The normalized spacial score (nSPS) is 23.2. The molecule has 8 heteroatoms. The summed E-state index contributed by atoms with van der Waals surface area (Å²) in [5, 5.41) is 2.99. The van der Waals surface area contributed by atoms with Crippen molar-refractivity contribution in [1.29, 1.82) is 0 Å². The SMILES string of the molecule is O=C(CN1CCCC1C(=O)N1CCSCC1)Nc1ccc(N2CCOCC2)cc1. The number of amides is 2. The van der Waals surface area contributed by atoms with Crippen LogP contribution < -0.4 is 10.2 Å². The van der Waals surface area contributed by atoms with Gasteiger partial charge in [0.2, 0.25) is 11.8 Å². The molecule has 1 atom stereocenters. The minimum atomic E-state index is -0.146. The number of morpholine rings is 1. The second-order valence-corrected chi connectivity index (χ2v) is 8.99. The van der Waals surface area contributed by atoms with E-state index in [9.17, 15) is 9.59 Å². The highest BCUT2D eigenvalue weighted by Crippen LogP contribution is 2.22. The molecule has 1 aromatic rings. The van der Waals surface area contributed by atoms with Crippen LogP contribution in [0.1, 0.15) is 12.8 Å². The van der Waals surface area contributed by atoms with E-state index in [2.05, 4.69) is 10.2 Å². The summed E-state index contributed by atoms with van der Waals surface area (Å²) in [4.78, 5) is 31.8. The van der Waals surface area contributed by atoms with Crippen LogP contribution in [0, 0.1) is 0 Å². The van der Waals surface area contributed by atoms with Gasteiger partial charge in [-0.2, -0.15) is 11.8 Å². The van der Waals surface area contributed by atoms with E-state index in [0.717, 1.165) is 81.7 Å². The first-order valence-electron chi connectivity index (χ1n) is 10.5. The Morgan fingerprint density at radius 3 is 2.48 bits per heavy atom. The molecule has 0 spiro atoms. The molecule has 0 bridgehead atoms. The smallest absolute Gasteiger partial charge is 0.239 e. The first-order chi connectivity index (χ1) is 14.2. The first-order valence-corrected chi connectivity index (χ1v) is 11.7. The zero-order chi connectivity index (χ0) is 20.1. The fourth-order valence-electron chi connectivity index (χ4n) is 4.25. The van der Waals surface area contributed by atoms with Gasteiger partial charge in [-0.25, -0.2) is 0 Å². The minimum Gasteiger partial charge on any atom is -0.378 e. The number of nitrogens with zero attached hydrogens (tertiary/aromatic N) is 3. The van der Waals surface area contributed by atoms with Crippen LogP contribution in [-0.4, -0.2) is 91.6 Å². The van der Waals surface area contributed by atoms with Crippen molar-refractivity contribution in [2.45, 2.75) is 18.9 Å². The molecule has 0 aromatic heterocycles. The lowest BCUT2D eigenvalue weighted by Gasteiger charge is -2.32. The third-order valence-electron chi connectivity index (χ3n) is 5.85. The summed E-state index contributed by atoms with van der Waals surface area (Å²) < 4.78 is 5.39. The molecule has 0 saturated carbocycles. The van der Waals surface area contributed by atoms with E-state index in [1.807, 2.05) is 45.8 Å². The molecule has 3 heterocycles. The third-order valence-corrected chi connectivity index (χ3v) is 6.79. The van der Waals surface area contributed by atoms with Gasteiger partial charge in [-0.05, 0) is 43.7 Å². The van der Waals surface area contributed by atoms with E-state index in [0.29, 0.717) is 0 Å². The Bertz CT molecular complexity index is 702. The summed E-state index contributed by atoms with van der Waals surface area (Å²) in [5.41, 5.74) is 1.94. The number of anilines is 2. The molecule has 3 saturated heterocycles. The number of hydrogen-bond donors (Lipinski definition) is 1. The lowest BCUT2D eigenvalue weighted by molar-refractivity contribution is -0.136. The highest BCUT2D eigenvalue weighted by Gasteiger charge is 2.35. The van der Waals surface area contributed by atoms with Crippen molar-refractivity contribution in [2.75, 3.05) is 74.2 Å². The van der Waals surface area contributed by atoms with E-state index < -0.39 is 0 Å². The van der Waals surface area contributed by atoms with Crippen molar-refractivity contribution < 1.29 is 14.3 Å². The first kappa shape index (κ1) is 20.5. The summed E-state index contributed by atoms with van der Waals surface area (Å²) >= 11 is 1.90. The van der Waals surface area contributed by atoms with Crippen LogP contribution in [0.2, 0.25) is 0 Å². The van der Waals surface area contributed by atoms with Gasteiger partial charge in [0.25, 0.3) is 0 Å². The van der Waals surface area contributed by atoms with Gasteiger partial charge in [0.15, 0.2) is 0 Å². The maximum Gasteiger partial charge on any atom is 0.239 e. The van der Waals surface area contributed by atoms with Crippen LogP contribution in [0.4, 0.5) is 11.4 Å². The number of rotatable bonds is 5. The number of carbonyl (C=O) groups excluding carboxylic acids is 2. The van der Waals surface area contributed by atoms with E-state index >= 15 is 0 Å². The maximum absolute atomic E-state index is 12.9. The van der Waals surface area contributed by atoms with Crippen LogP contribution in [0.5, 0.6) is 0 Å². The van der Waals surface area contributed by atoms with Crippen LogP contribution >= 0.6 is 11.8 Å². The standard InChI is InChI=1S/C21H30N4O3S/c26-20(22-17-3-5-18(6-4-17)23-8-12-28-13-9-23)16-25-7-1-2-19(25)21(27)24-10-14-29-15-11-24/h3-6,19H,1-2,7-16H2,(H,22,26). The van der Waals surface area contributed by atoms with Crippen LogP contribution in [0.3, 0.4) is 0 Å². The predicted molar refractivity (Wildman–Crippen MR) is 117 cm³/mol. The molecule has 158 valence electrons. The number of carbonyl (C=O) groups is 2. The fraction of sp³-hybridized carbons (Fsp3) is 0.619. The van der Waals surface area contributed by atoms with Gasteiger partial charge in [0.05, 0.1) is 25.8 Å². The van der Waals surface area contributed by atoms with Crippen molar-refractivity contribution in [3.63, 3.8) is 0 Å². The molecule has 3 aliphatic heterocycles. The second-order valence-electron chi connectivity index (χ2n) is 7.76. The molecule has 0 radical (unpaired) electrons. The Hall–Kier alpha value is -1.77. The van der Waals surface area contributed by atoms with E-state index in [4.69, 9.17) is 4.74 Å². The fourth-order valence-corrected chi connectivity index (χ4v) is 5.15. The van der Waals surface area contributed by atoms with Gasteiger partial charge in [-0.3, -0.25) is 14.5 Å². The average Bonchev–Trinajstić information content (AvgIpc) is 3.23. The van der Waals surface area contributed by atoms with Crippen molar-refractivity contribution in [1.82, 2.24) is 9.80 Å². The number of benzene rings is 1. The summed E-state index contributed by atoms with van der Waals surface area (Å²) in [6.45, 7) is 6.03. The van der Waals surface area contributed by atoms with Crippen LogP contribution in [0.25, 0.3) is 0 Å². The molecular weight excluding hydrogens is 388 g/mol. The summed E-state index contributed by atoms with van der Waals surface area (Å²) in [7, 11) is 0. The summed E-state index contributed by atoms with van der Waals surface area (Å²) in [6, 6.07) is 7.82. The minimum absolute atomic E-state index is 0.0574. The number of thioether (sulfide) groups is 1. The third kappa shape index (κ3) is 5.24. The Morgan fingerprint density at radius 1 is 1.03 bits per heavy atom. The molecule has 1 aromatic carbocycles. The topological polar surface area (TPSA) is 65.1 Å². The zero-order valence-electron chi connectivity index (χ0n) is 16.8. The molecule has 4 rings (SSSR count). The molecular formula is C21H30N4O3S. The molecule has 1 unspecified atom stereocenters. The predicted octanol–water partition coefficient (Wildman–Crippen LogP) is 1.50. The Balaban J connectivity index is 1.29. The average molecular weight is 419 g/mol. The Labute approximate surface area is 176 Å². The van der Waals surface area contributed by atoms with E-state index in [1.165, 1.54) is 0 Å². The quantitative estimate of drug-likeness (QED) is 0.782. The van der Waals surface area contributed by atoms with Gasteiger partial charge in [-0.15, -0.1) is 0 Å². The molecule has 3 fully saturated rings. The second kappa shape index (κ2) is 9.82. The van der Waals surface area contributed by atoms with Gasteiger partial charge in [0, 0.05) is 49.1 Å². The van der Waals surface area contributed by atoms with Gasteiger partial charge in [0.1, 0.15) is 0 Å². The van der Waals surface area contributed by atoms with Crippen molar-refractivity contribution in [3.05, 3.63) is 24.3 Å². The summed E-state index contributed by atoms with van der Waals surface area (Å²) in [6.07, 6.45) is 1.82. The largest absolute Gasteiger partial charge is 0.378 e. The lowest BCUT2D eigenvalue weighted by atomic mass is 10.2. The van der Waals surface area contributed by atoms with Crippen molar-refractivity contribution in [2.24, 2.45) is 0 Å². The van der Waals surface area contributed by atoms with Gasteiger partial charge < -0.3 is 19.9 Å². The number of hydrogen-bond acceptors (Lipinski definition) is 6. The van der Waals surface area contributed by atoms with Crippen LogP contribution in [0.15, 0.2) is 24.3 Å². The Morgan fingerprint density at radius 2 is 1.76 bits per heavy atom. The zero-order valence-corrected chi connectivity index (χ0v) is 17.7. The van der Waals surface area contributed by atoms with Crippen LogP contribution in [-0.2, 0) is 14.3 Å². The molecule has 29 heavy (non-hydrogen) atoms. The van der Waals surface area contributed by atoms with Gasteiger partial charge >= 0.3 is 0 Å². The van der Waals surface area contributed by atoms with E-state index in [1.54, 1.807) is 0 Å². The number of ether oxygens (including phenoxy) is 1. The van der Waals surface area contributed by atoms with Crippen molar-refractivity contribution >= 4 is 35.0 Å². The highest BCUT2D eigenvalue weighted by atomic mass is 32.2. The molecule has 2 amide bonds. The molecule has 1 N–H and O–H groups in total. The van der Waals surface area contributed by atoms with Gasteiger partial charge in [-0.1, -0.05) is 0 Å². The number of nitrogens with one attached hydrogen (secondary N) is 1.